The molecule has 2 aromatic heterocycles. The molecule has 4 rings (SSSR count). The maximum Gasteiger partial charge on any atom is 0.166 e. The van der Waals surface area contributed by atoms with Gasteiger partial charge in [0.15, 0.2) is 17.0 Å². The van der Waals surface area contributed by atoms with Gasteiger partial charge >= 0.3 is 0 Å². The first-order chi connectivity index (χ1) is 13.7. The van der Waals surface area contributed by atoms with E-state index in [2.05, 4.69) is 42.2 Å². The molecule has 7 heteroatoms. The first-order valence-corrected chi connectivity index (χ1v) is 10.5. The van der Waals surface area contributed by atoms with Gasteiger partial charge in [0.25, 0.3) is 0 Å². The van der Waals surface area contributed by atoms with Crippen LogP contribution in [0.15, 0.2) is 24.3 Å². The molecule has 0 amide bonds. The van der Waals surface area contributed by atoms with Crippen molar-refractivity contribution in [2.45, 2.75) is 34.2 Å². The molecular weight excluding hydrogens is 384 g/mol. The van der Waals surface area contributed by atoms with Crippen molar-refractivity contribution < 1.29 is 0 Å². The van der Waals surface area contributed by atoms with Crippen LogP contribution in [-0.4, -0.2) is 57.6 Å². The van der Waals surface area contributed by atoms with Crippen LogP contribution in [-0.2, 0) is 6.54 Å². The van der Waals surface area contributed by atoms with Crippen LogP contribution in [0.25, 0.3) is 22.6 Å². The Morgan fingerprint density at radius 3 is 2.34 bits per heavy atom. The molecule has 1 aliphatic heterocycles. The van der Waals surface area contributed by atoms with Gasteiger partial charge in [0, 0.05) is 38.3 Å². The highest BCUT2D eigenvalue weighted by Gasteiger charge is 2.26. The molecule has 0 bridgehead atoms. The number of anilines is 1. The van der Waals surface area contributed by atoms with Gasteiger partial charge in [0.1, 0.15) is 11.6 Å². The zero-order valence-electron chi connectivity index (χ0n) is 17.9. The number of nitrogens with zero attached hydrogens (tertiary/aromatic N) is 6. The molecule has 1 fully saturated rings. The number of imidazole rings is 1. The SMILES string of the molecule is Cc1nc(N2CCN(C)CC2)c2nc(-c3ccccc3Cl)n(CC(C)(C)C)c2n1. The van der Waals surface area contributed by atoms with E-state index in [1.165, 1.54) is 0 Å². The van der Waals surface area contributed by atoms with E-state index in [0.717, 1.165) is 66.9 Å². The van der Waals surface area contributed by atoms with Gasteiger partial charge in [-0.1, -0.05) is 44.5 Å². The fourth-order valence-corrected chi connectivity index (χ4v) is 4.02. The van der Waals surface area contributed by atoms with Crippen LogP contribution < -0.4 is 4.90 Å². The molecule has 0 aliphatic carbocycles. The molecule has 29 heavy (non-hydrogen) atoms. The van der Waals surface area contributed by atoms with E-state index in [9.17, 15) is 0 Å². The third-order valence-corrected chi connectivity index (χ3v) is 5.57. The van der Waals surface area contributed by atoms with Crippen molar-refractivity contribution >= 4 is 28.6 Å². The van der Waals surface area contributed by atoms with Crippen molar-refractivity contribution in [1.29, 1.82) is 0 Å². The molecule has 0 unspecified atom stereocenters. The molecule has 0 atom stereocenters. The van der Waals surface area contributed by atoms with Gasteiger partial charge in [-0.15, -0.1) is 0 Å². The number of fused-ring (bicyclic) bond motifs is 1. The fraction of sp³-hybridized carbons (Fsp3) is 0.500. The van der Waals surface area contributed by atoms with Gasteiger partial charge in [-0.25, -0.2) is 15.0 Å². The zero-order valence-corrected chi connectivity index (χ0v) is 18.7. The summed E-state index contributed by atoms with van der Waals surface area (Å²) in [5.74, 6) is 2.56. The summed E-state index contributed by atoms with van der Waals surface area (Å²) in [6, 6.07) is 7.89. The number of benzene rings is 1. The zero-order chi connectivity index (χ0) is 20.8. The Balaban J connectivity index is 1.94. The third-order valence-electron chi connectivity index (χ3n) is 5.24. The minimum Gasteiger partial charge on any atom is -0.352 e. The predicted octanol–water partition coefficient (Wildman–Crippen LogP) is 4.25. The Kier molecular flexibility index (Phi) is 5.25. The van der Waals surface area contributed by atoms with Crippen molar-refractivity contribution in [2.75, 3.05) is 38.1 Å². The highest BCUT2D eigenvalue weighted by molar-refractivity contribution is 6.33. The standard InChI is InChI=1S/C22H29ClN6/c1-15-24-20(28-12-10-27(5)11-13-28)18-21(25-15)29(14-22(2,3)4)19(26-18)16-8-6-7-9-17(16)23/h6-9H,10-14H2,1-5H3. The smallest absolute Gasteiger partial charge is 0.166 e. The van der Waals surface area contributed by atoms with Crippen LogP contribution in [0.4, 0.5) is 5.82 Å². The summed E-state index contributed by atoms with van der Waals surface area (Å²) in [7, 11) is 2.16. The number of likely N-dealkylation sites (N-methyl/N-ethyl adjacent to an activating group) is 1. The van der Waals surface area contributed by atoms with E-state index in [1.807, 2.05) is 31.2 Å². The van der Waals surface area contributed by atoms with Crippen LogP contribution in [0, 0.1) is 12.3 Å². The van der Waals surface area contributed by atoms with E-state index in [-0.39, 0.29) is 5.41 Å². The van der Waals surface area contributed by atoms with Crippen LogP contribution in [0.2, 0.25) is 5.02 Å². The molecule has 3 heterocycles. The number of halogens is 1. The van der Waals surface area contributed by atoms with Crippen LogP contribution in [0.1, 0.15) is 26.6 Å². The van der Waals surface area contributed by atoms with Crippen molar-refractivity contribution in [3.8, 4) is 11.4 Å². The van der Waals surface area contributed by atoms with E-state index >= 15 is 0 Å². The highest BCUT2D eigenvalue weighted by Crippen LogP contribution is 2.34. The van der Waals surface area contributed by atoms with Gasteiger partial charge in [-0.2, -0.15) is 0 Å². The lowest BCUT2D eigenvalue weighted by atomic mass is 9.96. The summed E-state index contributed by atoms with van der Waals surface area (Å²) in [4.78, 5) is 19.4. The molecule has 0 spiro atoms. The number of aryl methyl sites for hydroxylation is 1. The van der Waals surface area contributed by atoms with Crippen molar-refractivity contribution in [1.82, 2.24) is 24.4 Å². The summed E-state index contributed by atoms with van der Waals surface area (Å²) >= 11 is 6.56. The van der Waals surface area contributed by atoms with Gasteiger partial charge in [-0.05, 0) is 31.5 Å². The molecular formula is C22H29ClN6. The van der Waals surface area contributed by atoms with Gasteiger partial charge in [0.05, 0.1) is 5.02 Å². The van der Waals surface area contributed by atoms with E-state index < -0.39 is 0 Å². The van der Waals surface area contributed by atoms with Crippen LogP contribution in [0.5, 0.6) is 0 Å². The summed E-state index contributed by atoms with van der Waals surface area (Å²) < 4.78 is 2.21. The lowest BCUT2D eigenvalue weighted by Gasteiger charge is -2.33. The average Bonchev–Trinajstić information content (AvgIpc) is 2.99. The molecule has 6 nitrogen and oxygen atoms in total. The number of hydrogen-bond donors (Lipinski definition) is 0. The largest absolute Gasteiger partial charge is 0.352 e. The lowest BCUT2D eigenvalue weighted by Crippen LogP contribution is -2.45. The monoisotopic (exact) mass is 412 g/mol. The molecule has 1 aromatic carbocycles. The highest BCUT2D eigenvalue weighted by atomic mass is 35.5. The van der Waals surface area contributed by atoms with Gasteiger partial charge in [-0.3, -0.25) is 0 Å². The second kappa shape index (κ2) is 7.58. The maximum atomic E-state index is 6.56. The Morgan fingerprint density at radius 1 is 1.00 bits per heavy atom. The molecule has 1 saturated heterocycles. The normalized spacial score (nSPS) is 16.0. The summed E-state index contributed by atoms with van der Waals surface area (Å²) in [6.45, 7) is 13.4. The van der Waals surface area contributed by atoms with Crippen molar-refractivity contribution in [3.05, 3.63) is 35.1 Å². The van der Waals surface area contributed by atoms with Crippen molar-refractivity contribution in [2.24, 2.45) is 5.41 Å². The van der Waals surface area contributed by atoms with Crippen LogP contribution >= 0.6 is 11.6 Å². The number of piperazine rings is 1. The summed E-state index contributed by atoms with van der Waals surface area (Å²) in [5.41, 5.74) is 2.74. The van der Waals surface area contributed by atoms with E-state index in [0.29, 0.717) is 5.02 Å². The first kappa shape index (κ1) is 20.1. The van der Waals surface area contributed by atoms with Gasteiger partial charge < -0.3 is 14.4 Å². The second-order valence-electron chi connectivity index (χ2n) is 9.12. The second-order valence-corrected chi connectivity index (χ2v) is 9.53. The quantitative estimate of drug-likeness (QED) is 0.643. The summed E-state index contributed by atoms with van der Waals surface area (Å²) in [5, 5.41) is 0.698. The number of rotatable bonds is 3. The van der Waals surface area contributed by atoms with Crippen LogP contribution in [0.3, 0.4) is 0 Å². The molecule has 1 aliphatic rings. The average molecular weight is 413 g/mol. The fourth-order valence-electron chi connectivity index (χ4n) is 3.80. The Hall–Kier alpha value is -2.18. The molecule has 0 N–H and O–H groups in total. The minimum atomic E-state index is 0.0660. The van der Waals surface area contributed by atoms with E-state index in [4.69, 9.17) is 26.6 Å². The first-order valence-electron chi connectivity index (χ1n) is 10.2. The molecule has 3 aromatic rings. The van der Waals surface area contributed by atoms with Crippen molar-refractivity contribution in [3.63, 3.8) is 0 Å². The predicted molar refractivity (Wildman–Crippen MR) is 120 cm³/mol. The molecule has 0 saturated carbocycles. The minimum absolute atomic E-state index is 0.0660. The maximum absolute atomic E-state index is 6.56. The topological polar surface area (TPSA) is 50.1 Å². The third kappa shape index (κ3) is 4.09. The summed E-state index contributed by atoms with van der Waals surface area (Å²) in [6.07, 6.45) is 0. The Morgan fingerprint density at radius 2 is 1.69 bits per heavy atom. The number of aromatic nitrogens is 4. The lowest BCUT2D eigenvalue weighted by molar-refractivity contribution is 0.312. The molecule has 0 radical (unpaired) electrons. The number of hydrogen-bond acceptors (Lipinski definition) is 5. The Labute approximate surface area is 177 Å². The Bertz CT molecular complexity index is 1030. The van der Waals surface area contributed by atoms with Gasteiger partial charge in [0.2, 0.25) is 0 Å². The molecule has 154 valence electrons. The van der Waals surface area contributed by atoms with E-state index in [1.54, 1.807) is 0 Å².